The maximum Gasteiger partial charge on any atom is 0.126 e. The van der Waals surface area contributed by atoms with E-state index in [-0.39, 0.29) is 11.2 Å². The lowest BCUT2D eigenvalue weighted by Crippen LogP contribution is -2.01. The molecule has 0 N–H and O–H groups in total. The Kier molecular flexibility index (Phi) is 1.78. The van der Waals surface area contributed by atoms with Gasteiger partial charge in [0.15, 0.2) is 0 Å². The van der Waals surface area contributed by atoms with E-state index in [4.69, 9.17) is 0 Å². The van der Waals surface area contributed by atoms with Crippen molar-refractivity contribution in [1.29, 1.82) is 0 Å². The van der Waals surface area contributed by atoms with Gasteiger partial charge in [0.2, 0.25) is 0 Å². The SMILES string of the molecule is CC1CC1c1ccc(C2(C)CC2)cc1F. The predicted octanol–water partition coefficient (Wildman–Crippen LogP) is 4.00. The maximum atomic E-state index is 13.9. The summed E-state index contributed by atoms with van der Waals surface area (Å²) in [6, 6.07) is 5.92. The van der Waals surface area contributed by atoms with E-state index in [9.17, 15) is 4.39 Å². The van der Waals surface area contributed by atoms with Gasteiger partial charge in [-0.15, -0.1) is 0 Å². The van der Waals surface area contributed by atoms with E-state index in [1.54, 1.807) is 6.07 Å². The lowest BCUT2D eigenvalue weighted by atomic mass is 9.95. The standard InChI is InChI=1S/C14H17F/c1-9-7-12(9)11-4-3-10(8-13(11)15)14(2)5-6-14/h3-4,8-9,12H,5-7H2,1-2H3. The summed E-state index contributed by atoms with van der Waals surface area (Å²) < 4.78 is 13.9. The highest BCUT2D eigenvalue weighted by Crippen LogP contribution is 2.50. The average Bonchev–Trinajstić information content (AvgIpc) is 3.07. The van der Waals surface area contributed by atoms with E-state index in [1.807, 2.05) is 6.07 Å². The van der Waals surface area contributed by atoms with Gasteiger partial charge in [0.1, 0.15) is 5.82 Å². The predicted molar refractivity (Wildman–Crippen MR) is 59.5 cm³/mol. The third-order valence-electron chi connectivity index (χ3n) is 4.21. The largest absolute Gasteiger partial charge is 0.207 e. The van der Waals surface area contributed by atoms with Crippen LogP contribution in [0.3, 0.4) is 0 Å². The van der Waals surface area contributed by atoms with Gasteiger partial charge in [0.05, 0.1) is 0 Å². The lowest BCUT2D eigenvalue weighted by Gasteiger charge is -2.10. The number of hydrogen-bond donors (Lipinski definition) is 0. The van der Waals surface area contributed by atoms with Crippen molar-refractivity contribution in [3.63, 3.8) is 0 Å². The zero-order valence-corrected chi connectivity index (χ0v) is 9.39. The van der Waals surface area contributed by atoms with Gasteiger partial charge in [-0.2, -0.15) is 0 Å². The second-order valence-corrected chi connectivity index (χ2v) is 5.62. The molecule has 1 aromatic carbocycles. The van der Waals surface area contributed by atoms with E-state index < -0.39 is 0 Å². The molecule has 2 aliphatic carbocycles. The first-order valence-electron chi connectivity index (χ1n) is 5.90. The molecule has 1 aromatic rings. The third kappa shape index (κ3) is 1.49. The van der Waals surface area contributed by atoms with Crippen molar-refractivity contribution in [2.24, 2.45) is 5.92 Å². The van der Waals surface area contributed by atoms with Crippen LogP contribution in [0.5, 0.6) is 0 Å². The summed E-state index contributed by atoms with van der Waals surface area (Å²) in [4.78, 5) is 0. The van der Waals surface area contributed by atoms with Crippen LogP contribution in [0.4, 0.5) is 4.39 Å². The summed E-state index contributed by atoms with van der Waals surface area (Å²) in [5, 5.41) is 0. The first kappa shape index (κ1) is 9.38. The van der Waals surface area contributed by atoms with E-state index in [2.05, 4.69) is 19.9 Å². The van der Waals surface area contributed by atoms with Crippen molar-refractivity contribution in [3.8, 4) is 0 Å². The Hall–Kier alpha value is -0.850. The normalized spacial score (nSPS) is 31.4. The van der Waals surface area contributed by atoms with Crippen LogP contribution < -0.4 is 0 Å². The van der Waals surface area contributed by atoms with Crippen LogP contribution in [0.25, 0.3) is 0 Å². The minimum absolute atomic E-state index is 0.0231. The average molecular weight is 204 g/mol. The fourth-order valence-corrected chi connectivity index (χ4v) is 2.43. The lowest BCUT2D eigenvalue weighted by molar-refractivity contribution is 0.601. The summed E-state index contributed by atoms with van der Waals surface area (Å²) in [6.07, 6.45) is 3.59. The van der Waals surface area contributed by atoms with Crippen LogP contribution in [-0.2, 0) is 5.41 Å². The molecular formula is C14H17F. The van der Waals surface area contributed by atoms with Crippen molar-refractivity contribution in [3.05, 3.63) is 35.1 Å². The maximum absolute atomic E-state index is 13.9. The Morgan fingerprint density at radius 1 is 1.33 bits per heavy atom. The molecule has 0 bridgehead atoms. The highest BCUT2D eigenvalue weighted by Gasteiger charge is 2.40. The summed E-state index contributed by atoms with van der Waals surface area (Å²) in [7, 11) is 0. The van der Waals surface area contributed by atoms with Gasteiger partial charge in [-0.25, -0.2) is 4.39 Å². The Morgan fingerprint density at radius 2 is 2.00 bits per heavy atom. The fraction of sp³-hybridized carbons (Fsp3) is 0.571. The molecule has 0 heterocycles. The molecule has 1 heteroatoms. The third-order valence-corrected chi connectivity index (χ3v) is 4.21. The first-order valence-corrected chi connectivity index (χ1v) is 5.90. The summed E-state index contributed by atoms with van der Waals surface area (Å²) >= 11 is 0. The Balaban J connectivity index is 1.93. The van der Waals surface area contributed by atoms with Crippen LogP contribution in [0.15, 0.2) is 18.2 Å². The second-order valence-electron chi connectivity index (χ2n) is 5.62. The number of rotatable bonds is 2. The summed E-state index contributed by atoms with van der Waals surface area (Å²) in [5.74, 6) is 1.20. The molecule has 2 atom stereocenters. The minimum atomic E-state index is 0.0231. The molecule has 0 aromatic heterocycles. The molecule has 0 saturated heterocycles. The molecule has 0 nitrogen and oxygen atoms in total. The number of halogens is 1. The highest BCUT2D eigenvalue weighted by atomic mass is 19.1. The number of hydrogen-bond acceptors (Lipinski definition) is 0. The summed E-state index contributed by atoms with van der Waals surface area (Å²) in [6.45, 7) is 4.42. The van der Waals surface area contributed by atoms with Crippen LogP contribution >= 0.6 is 0 Å². The van der Waals surface area contributed by atoms with Gasteiger partial charge in [-0.05, 0) is 53.7 Å². The van der Waals surface area contributed by atoms with E-state index in [0.717, 1.165) is 12.0 Å². The van der Waals surface area contributed by atoms with E-state index in [0.29, 0.717) is 11.8 Å². The molecule has 2 unspecified atom stereocenters. The fourth-order valence-electron chi connectivity index (χ4n) is 2.43. The Morgan fingerprint density at radius 3 is 2.47 bits per heavy atom. The van der Waals surface area contributed by atoms with E-state index in [1.165, 1.54) is 18.4 Å². The second kappa shape index (κ2) is 2.84. The van der Waals surface area contributed by atoms with Crippen LogP contribution in [0.2, 0.25) is 0 Å². The molecule has 0 amide bonds. The van der Waals surface area contributed by atoms with Gasteiger partial charge in [0.25, 0.3) is 0 Å². The molecule has 2 fully saturated rings. The smallest absolute Gasteiger partial charge is 0.126 e. The van der Waals surface area contributed by atoms with E-state index >= 15 is 0 Å². The zero-order valence-electron chi connectivity index (χ0n) is 9.39. The monoisotopic (exact) mass is 204 g/mol. The highest BCUT2D eigenvalue weighted by molar-refractivity contribution is 5.36. The molecule has 80 valence electrons. The molecule has 2 saturated carbocycles. The zero-order chi connectivity index (χ0) is 10.6. The Labute approximate surface area is 90.5 Å². The van der Waals surface area contributed by atoms with Crippen LogP contribution in [0.1, 0.15) is 50.2 Å². The van der Waals surface area contributed by atoms with Gasteiger partial charge in [-0.3, -0.25) is 0 Å². The van der Waals surface area contributed by atoms with Gasteiger partial charge in [0, 0.05) is 0 Å². The quantitative estimate of drug-likeness (QED) is 0.683. The van der Waals surface area contributed by atoms with Crippen molar-refractivity contribution in [1.82, 2.24) is 0 Å². The molecular weight excluding hydrogens is 187 g/mol. The first-order chi connectivity index (χ1) is 7.10. The van der Waals surface area contributed by atoms with Crippen LogP contribution in [0, 0.1) is 11.7 Å². The topological polar surface area (TPSA) is 0 Å². The Bertz CT molecular complexity index is 404. The van der Waals surface area contributed by atoms with Crippen molar-refractivity contribution >= 4 is 0 Å². The molecule has 0 radical (unpaired) electrons. The molecule has 15 heavy (non-hydrogen) atoms. The van der Waals surface area contributed by atoms with Crippen LogP contribution in [-0.4, -0.2) is 0 Å². The molecule has 2 aliphatic rings. The van der Waals surface area contributed by atoms with Crippen molar-refractivity contribution in [2.45, 2.75) is 44.4 Å². The molecule has 0 spiro atoms. The summed E-state index contributed by atoms with van der Waals surface area (Å²) in [5.41, 5.74) is 2.42. The van der Waals surface area contributed by atoms with Gasteiger partial charge in [-0.1, -0.05) is 26.0 Å². The van der Waals surface area contributed by atoms with Gasteiger partial charge < -0.3 is 0 Å². The molecule has 0 aliphatic heterocycles. The van der Waals surface area contributed by atoms with Gasteiger partial charge >= 0.3 is 0 Å². The molecule has 3 rings (SSSR count). The number of benzene rings is 1. The van der Waals surface area contributed by atoms with Crippen molar-refractivity contribution < 1.29 is 4.39 Å². The van der Waals surface area contributed by atoms with Crippen molar-refractivity contribution in [2.75, 3.05) is 0 Å². The minimum Gasteiger partial charge on any atom is -0.207 e.